The molecule has 46 heavy (non-hydrogen) atoms. The van der Waals surface area contributed by atoms with Gasteiger partial charge in [0.05, 0.1) is 22.8 Å². The van der Waals surface area contributed by atoms with E-state index in [1.54, 1.807) is 0 Å². The monoisotopic (exact) mass is 912 g/mol. The molecule has 0 saturated carbocycles. The first-order chi connectivity index (χ1) is 20.9. The van der Waals surface area contributed by atoms with Gasteiger partial charge in [0.2, 0.25) is 0 Å². The number of hydrogen-bond acceptors (Lipinski definition) is 8. The molecule has 12 nitrogen and oxygen atoms in total. The Morgan fingerprint density at radius 2 is 0.652 bits per heavy atom. The number of halogens is 4. The molecular formula is C28H54Cl4N8O4Rh2-5. The third-order valence-electron chi connectivity index (χ3n) is 6.15. The van der Waals surface area contributed by atoms with E-state index < -0.39 is 0 Å². The van der Waals surface area contributed by atoms with E-state index in [1.807, 2.05) is 0 Å². The van der Waals surface area contributed by atoms with Crippen LogP contribution in [0.15, 0.2) is 20.6 Å². The molecule has 4 saturated heterocycles. The van der Waals surface area contributed by atoms with Crippen molar-refractivity contribution in [1.82, 2.24) is 0 Å². The van der Waals surface area contributed by atoms with Gasteiger partial charge in [-0.2, -0.15) is 0 Å². The number of hydrogen-bond donors (Lipinski definition) is 2. The summed E-state index contributed by atoms with van der Waals surface area (Å²) in [7, 11) is 9.67. The van der Waals surface area contributed by atoms with Gasteiger partial charge in [0, 0.05) is 0 Å². The summed E-state index contributed by atoms with van der Waals surface area (Å²) in [6, 6.07) is 0. The molecule has 18 heteroatoms. The van der Waals surface area contributed by atoms with E-state index in [0.717, 1.165) is 52.4 Å². The fraction of sp³-hybridized carbons (Fsp3) is 0.857. The van der Waals surface area contributed by atoms with Crippen molar-refractivity contribution in [1.29, 1.82) is 0 Å². The van der Waals surface area contributed by atoms with Gasteiger partial charge in [-0.25, -0.2) is 0 Å². The molecule has 0 amide bonds. The fourth-order valence-electron chi connectivity index (χ4n) is 3.22. The second kappa shape index (κ2) is 52.0. The third kappa shape index (κ3) is 51.0. The van der Waals surface area contributed by atoms with Crippen molar-refractivity contribution in [3.05, 3.63) is 31.7 Å². The second-order valence-electron chi connectivity index (χ2n) is 9.70. The van der Waals surface area contributed by atoms with Crippen molar-refractivity contribution < 1.29 is 69.9 Å². The van der Waals surface area contributed by atoms with Crippen LogP contribution in [0.1, 0.15) is 105 Å². The van der Waals surface area contributed by atoms with Crippen LogP contribution in [-0.4, -0.2) is 85.6 Å². The Morgan fingerprint density at radius 3 is 0.696 bits per heavy atom. The van der Waals surface area contributed by atoms with E-state index in [0.29, 0.717) is 0 Å². The number of nitrogens with zero attached hydrogens (tertiary/aromatic N) is 8. The Labute approximate surface area is 319 Å². The molecule has 4 aliphatic rings. The molecule has 4 fully saturated rings. The molecule has 0 aromatic rings. The summed E-state index contributed by atoms with van der Waals surface area (Å²) < 4.78 is 0. The maximum absolute atomic E-state index is 9.63. The molecule has 281 valence electrons. The van der Waals surface area contributed by atoms with Crippen LogP contribution >= 0.6 is 19.4 Å². The molecule has 0 bridgehead atoms. The molecule has 4 rings (SSSR count). The van der Waals surface area contributed by atoms with Crippen LogP contribution in [0, 0.1) is 10.4 Å². The van der Waals surface area contributed by atoms with Gasteiger partial charge in [-0.05, 0) is 27.7 Å². The molecule has 0 atom stereocenters. The minimum atomic E-state index is -0.226. The van der Waals surface area contributed by atoms with Crippen LogP contribution in [0.4, 0.5) is 0 Å². The summed E-state index contributed by atoms with van der Waals surface area (Å²) >= 11 is -0.226. The number of rotatable bonds is 2. The van der Waals surface area contributed by atoms with Gasteiger partial charge in [0.1, 0.15) is 0 Å². The largest absolute Gasteiger partial charge is 3.00 e. The maximum atomic E-state index is 9.63. The van der Waals surface area contributed by atoms with E-state index in [9.17, 15) is 10.4 Å². The Kier molecular flexibility index (Phi) is 65.9. The Balaban J connectivity index is -0.000000101. The van der Waals surface area contributed by atoms with Crippen LogP contribution < -0.4 is 24.8 Å². The molecule has 0 spiro atoms. The van der Waals surface area contributed by atoms with Gasteiger partial charge in [-0.15, -0.1) is 52.4 Å². The van der Waals surface area contributed by atoms with E-state index in [-0.39, 0.29) is 82.3 Å². The molecule has 0 radical (unpaired) electrons. The number of piperidine rings is 4. The zero-order chi connectivity index (χ0) is 32.8. The zero-order valence-corrected chi connectivity index (χ0v) is 33.9. The summed E-state index contributed by atoms with van der Waals surface area (Å²) in [6.07, 6.45) is 16.3. The number of oxime groups is 2. The van der Waals surface area contributed by atoms with E-state index in [4.69, 9.17) is 29.8 Å². The molecular weight excluding hydrogens is 860 g/mol. The quantitative estimate of drug-likeness (QED) is 0.186. The molecule has 0 unspecified atom stereocenters. The van der Waals surface area contributed by atoms with E-state index >= 15 is 0 Å². The molecule has 4 heterocycles. The van der Waals surface area contributed by atoms with Crippen molar-refractivity contribution in [3.63, 3.8) is 0 Å². The van der Waals surface area contributed by atoms with Crippen LogP contribution in [0.25, 0.3) is 21.3 Å². The SMILES string of the molecule is C1CC[N-]CC1.C1CC[N-]CC1.C1CC[N-]CC1.C1CC[N-]CC1.CC(=N\[O-])/C(C)=N/O.CC(=N\[O-])/C(C)=N/O.[Cl-].[Cl-].[Cl][Rh][Cl].[Rh+3]. The van der Waals surface area contributed by atoms with Crippen LogP contribution in [0.5, 0.6) is 0 Å². The Morgan fingerprint density at radius 1 is 0.478 bits per heavy atom. The van der Waals surface area contributed by atoms with Crippen LogP contribution in [0.2, 0.25) is 0 Å². The van der Waals surface area contributed by atoms with E-state index in [2.05, 4.69) is 41.9 Å². The van der Waals surface area contributed by atoms with Gasteiger partial charge in [-0.1, -0.05) is 87.4 Å². The first kappa shape index (κ1) is 58.3. The predicted molar refractivity (Wildman–Crippen MR) is 182 cm³/mol. The average molecular weight is 914 g/mol. The van der Waals surface area contributed by atoms with Crippen LogP contribution in [0.3, 0.4) is 0 Å². The minimum absolute atomic E-state index is 0. The average Bonchev–Trinajstić information content (AvgIpc) is 3.11. The summed E-state index contributed by atoms with van der Waals surface area (Å²) in [5, 5.41) is 62.5. The third-order valence-corrected chi connectivity index (χ3v) is 6.15. The Hall–Kier alpha value is 0.127. The molecule has 0 aromatic carbocycles. The topological polar surface area (TPSA) is 192 Å². The fourth-order valence-corrected chi connectivity index (χ4v) is 3.22. The first-order valence-electron chi connectivity index (χ1n) is 14.9. The minimum Gasteiger partial charge on any atom is 3.00 e. The standard InChI is InChI=1S/4C5H10N.2C4H8N2O2.4ClH.2Rh/c4*1-2-4-6-5-3-1;2*1-3(5-7)4(2)6-8;;;;;;/h4*1-5H2;2*7-8H,1-2H3;4*1H;;/q4*-1;;;;;;;+2;+3/p-6/b;;;;2*5-3+,6-4+;;;;;;. The second-order valence-corrected chi connectivity index (χ2v) is 12.2. The maximum Gasteiger partial charge on any atom is 3.00 e. The summed E-state index contributed by atoms with van der Waals surface area (Å²) in [6.45, 7) is 14.9. The zero-order valence-electron chi connectivity index (χ0n) is 27.6. The van der Waals surface area contributed by atoms with Crippen molar-refractivity contribution in [3.8, 4) is 0 Å². The molecule has 2 N–H and O–H groups in total. The van der Waals surface area contributed by atoms with E-state index in [1.165, 1.54) is 105 Å². The first-order valence-corrected chi connectivity index (χ1v) is 19.2. The van der Waals surface area contributed by atoms with Crippen molar-refractivity contribution in [2.45, 2.75) is 105 Å². The summed E-state index contributed by atoms with van der Waals surface area (Å²) in [4.78, 5) is 0. The predicted octanol–water partition coefficient (Wildman–Crippen LogP) is 3.15. The van der Waals surface area contributed by atoms with Gasteiger partial charge in [0.15, 0.2) is 0 Å². The van der Waals surface area contributed by atoms with Gasteiger partial charge in [-0.3, -0.25) is 0 Å². The van der Waals surface area contributed by atoms with Crippen LogP contribution in [-0.2, 0) is 34.6 Å². The summed E-state index contributed by atoms with van der Waals surface area (Å²) in [5.41, 5.74) is 0.903. The van der Waals surface area contributed by atoms with Crippen molar-refractivity contribution in [2.24, 2.45) is 20.6 Å². The van der Waals surface area contributed by atoms with Gasteiger partial charge < -0.3 is 77.2 Å². The van der Waals surface area contributed by atoms with Crippen molar-refractivity contribution >= 4 is 42.2 Å². The van der Waals surface area contributed by atoms with Gasteiger partial charge >= 0.3 is 54.0 Å². The normalized spacial score (nSPS) is 18.0. The Bertz CT molecular complexity index is 544. The molecule has 0 aliphatic carbocycles. The molecule has 4 aliphatic heterocycles. The summed E-state index contributed by atoms with van der Waals surface area (Å²) in [5.74, 6) is 0. The van der Waals surface area contributed by atoms with Gasteiger partial charge in [0.25, 0.3) is 0 Å². The molecule has 0 aromatic heterocycles. The smallest absolute Gasteiger partial charge is 3.00 e. The van der Waals surface area contributed by atoms with Crippen molar-refractivity contribution in [2.75, 3.05) is 52.4 Å².